The van der Waals surface area contributed by atoms with Gasteiger partial charge in [0, 0.05) is 24.8 Å². The van der Waals surface area contributed by atoms with Crippen molar-refractivity contribution in [2.24, 2.45) is 5.73 Å². The first-order valence-electron chi connectivity index (χ1n) is 9.40. The molecule has 1 aromatic rings. The van der Waals surface area contributed by atoms with Crippen LogP contribution in [-0.2, 0) is 14.3 Å². The zero-order valence-electron chi connectivity index (χ0n) is 16.7. The number of alkyl halides is 6. The number of amides is 2. The van der Waals surface area contributed by atoms with Gasteiger partial charge in [-0.2, -0.15) is 8.78 Å². The van der Waals surface area contributed by atoms with E-state index < -0.39 is 62.7 Å². The van der Waals surface area contributed by atoms with Gasteiger partial charge in [-0.25, -0.2) is 17.6 Å². The van der Waals surface area contributed by atoms with Gasteiger partial charge in [-0.15, -0.1) is 0 Å². The van der Waals surface area contributed by atoms with Crippen LogP contribution in [0.15, 0.2) is 18.2 Å². The number of hydrogen-bond donors (Lipinski definition) is 2. The molecule has 1 aliphatic heterocycles. The topological polar surface area (TPSA) is 97.1 Å². The van der Waals surface area contributed by atoms with Gasteiger partial charge in [0.05, 0.1) is 25.4 Å². The van der Waals surface area contributed by atoms with Crippen LogP contribution in [0.3, 0.4) is 0 Å². The zero-order valence-corrected chi connectivity index (χ0v) is 16.7. The second-order valence-electron chi connectivity index (χ2n) is 6.64. The number of morpholine rings is 1. The molecule has 180 valence electrons. The monoisotopic (exact) mass is 472 g/mol. The molecule has 0 bridgehead atoms. The van der Waals surface area contributed by atoms with Crippen molar-refractivity contribution in [2.75, 3.05) is 49.6 Å². The molecule has 1 aromatic carbocycles. The summed E-state index contributed by atoms with van der Waals surface area (Å²) in [5.41, 5.74) is 5.35. The molecule has 1 fully saturated rings. The molecule has 2 amide bonds. The molecule has 1 atom stereocenters. The normalized spacial score (nSPS) is 15.7. The van der Waals surface area contributed by atoms with E-state index in [1.807, 2.05) is 0 Å². The quantitative estimate of drug-likeness (QED) is 0.477. The Morgan fingerprint density at radius 1 is 1.19 bits per heavy atom. The Kier molecular flexibility index (Phi) is 9.53. The van der Waals surface area contributed by atoms with Crippen LogP contribution in [0.25, 0.3) is 0 Å². The molecular formula is C18H22F6N4O4. The maximum absolute atomic E-state index is 12.9. The summed E-state index contributed by atoms with van der Waals surface area (Å²) in [6, 6.07) is 1.97. The highest BCUT2D eigenvalue weighted by molar-refractivity contribution is 5.98. The van der Waals surface area contributed by atoms with Gasteiger partial charge in [-0.05, 0) is 12.1 Å². The SMILES string of the molecule is NC[C@H](C(=O)Nc1ccc(N2CCOCC2=O)c(OC(F)F)c1)N(CC(F)F)CC(F)F. The summed E-state index contributed by atoms with van der Waals surface area (Å²) in [5.74, 6) is -1.92. The van der Waals surface area contributed by atoms with Crippen molar-refractivity contribution in [1.82, 2.24) is 4.90 Å². The van der Waals surface area contributed by atoms with Crippen LogP contribution in [0.5, 0.6) is 5.75 Å². The Morgan fingerprint density at radius 2 is 1.84 bits per heavy atom. The number of rotatable bonds is 11. The molecule has 1 heterocycles. The van der Waals surface area contributed by atoms with Crippen LogP contribution in [0.2, 0.25) is 0 Å². The number of carbonyl (C=O) groups is 2. The molecule has 1 saturated heterocycles. The molecule has 1 aliphatic rings. The first-order valence-corrected chi connectivity index (χ1v) is 9.40. The first-order chi connectivity index (χ1) is 15.1. The molecule has 3 N–H and O–H groups in total. The molecule has 8 nitrogen and oxygen atoms in total. The minimum Gasteiger partial charge on any atom is -0.433 e. The van der Waals surface area contributed by atoms with Crippen molar-refractivity contribution >= 4 is 23.2 Å². The maximum Gasteiger partial charge on any atom is 0.387 e. The van der Waals surface area contributed by atoms with Crippen LogP contribution in [0.4, 0.5) is 37.7 Å². The minimum absolute atomic E-state index is 0.00370. The first kappa shape index (κ1) is 25.7. The number of nitrogens with two attached hydrogens (primary N) is 1. The van der Waals surface area contributed by atoms with Crippen molar-refractivity contribution in [1.29, 1.82) is 0 Å². The van der Waals surface area contributed by atoms with Crippen LogP contribution >= 0.6 is 0 Å². The Hall–Kier alpha value is -2.58. The van der Waals surface area contributed by atoms with Crippen LogP contribution in [-0.4, -0.2) is 81.6 Å². The fraction of sp³-hybridized carbons (Fsp3) is 0.556. The van der Waals surface area contributed by atoms with E-state index in [4.69, 9.17) is 10.5 Å². The lowest BCUT2D eigenvalue weighted by molar-refractivity contribution is -0.126. The van der Waals surface area contributed by atoms with Gasteiger partial charge in [0.15, 0.2) is 5.75 Å². The van der Waals surface area contributed by atoms with E-state index in [1.165, 1.54) is 17.0 Å². The van der Waals surface area contributed by atoms with Gasteiger partial charge in [-0.1, -0.05) is 0 Å². The number of ether oxygens (including phenoxy) is 2. The van der Waals surface area contributed by atoms with Crippen molar-refractivity contribution < 1.29 is 45.4 Å². The van der Waals surface area contributed by atoms with Crippen LogP contribution in [0.1, 0.15) is 0 Å². The van der Waals surface area contributed by atoms with Crippen molar-refractivity contribution in [3.05, 3.63) is 18.2 Å². The molecule has 0 unspecified atom stereocenters. The smallest absolute Gasteiger partial charge is 0.387 e. The Bertz CT molecular complexity index is 776. The molecule has 0 aliphatic carbocycles. The highest BCUT2D eigenvalue weighted by Gasteiger charge is 2.30. The molecule has 0 saturated carbocycles. The molecular weight excluding hydrogens is 450 g/mol. The van der Waals surface area contributed by atoms with E-state index in [0.717, 1.165) is 6.07 Å². The van der Waals surface area contributed by atoms with Crippen LogP contribution in [0, 0.1) is 0 Å². The second kappa shape index (κ2) is 11.9. The minimum atomic E-state index is -3.25. The van der Waals surface area contributed by atoms with E-state index in [1.54, 1.807) is 0 Å². The third kappa shape index (κ3) is 7.24. The lowest BCUT2D eigenvalue weighted by Crippen LogP contribution is -2.51. The summed E-state index contributed by atoms with van der Waals surface area (Å²) in [5, 5.41) is 2.27. The van der Waals surface area contributed by atoms with Crippen molar-refractivity contribution in [2.45, 2.75) is 25.5 Å². The fourth-order valence-corrected chi connectivity index (χ4v) is 3.11. The average molecular weight is 472 g/mol. The van der Waals surface area contributed by atoms with Crippen molar-refractivity contribution in [3.63, 3.8) is 0 Å². The summed E-state index contributed by atoms with van der Waals surface area (Å²) in [7, 11) is 0. The largest absolute Gasteiger partial charge is 0.433 e. The number of hydrogen-bond acceptors (Lipinski definition) is 6. The Morgan fingerprint density at radius 3 is 2.38 bits per heavy atom. The average Bonchev–Trinajstić information content (AvgIpc) is 2.68. The Labute approximate surface area is 179 Å². The van der Waals surface area contributed by atoms with Gasteiger partial charge >= 0.3 is 6.61 Å². The van der Waals surface area contributed by atoms with Gasteiger partial charge < -0.3 is 25.4 Å². The van der Waals surface area contributed by atoms with E-state index >= 15 is 0 Å². The molecule has 0 radical (unpaired) electrons. The van der Waals surface area contributed by atoms with Gasteiger partial charge in [0.25, 0.3) is 18.8 Å². The van der Waals surface area contributed by atoms with Gasteiger partial charge in [0.2, 0.25) is 5.91 Å². The lowest BCUT2D eigenvalue weighted by atomic mass is 10.2. The predicted molar refractivity (Wildman–Crippen MR) is 101 cm³/mol. The number of anilines is 2. The van der Waals surface area contributed by atoms with Crippen LogP contribution < -0.4 is 20.7 Å². The lowest BCUT2D eigenvalue weighted by Gasteiger charge is -2.30. The highest BCUT2D eigenvalue weighted by atomic mass is 19.3. The van der Waals surface area contributed by atoms with E-state index in [-0.39, 0.29) is 31.1 Å². The summed E-state index contributed by atoms with van der Waals surface area (Å²) in [4.78, 5) is 26.3. The third-order valence-corrected chi connectivity index (χ3v) is 4.43. The standard InChI is InChI=1S/C18H22F6N4O4/c19-14(20)7-27(8-15(21)22)12(6-25)17(30)26-10-1-2-11(13(5-10)32-18(23)24)28-3-4-31-9-16(28)29/h1-2,5,12,14-15,18H,3-4,6-9,25H2,(H,26,30)/t12-/m1/s1. The van der Waals surface area contributed by atoms with E-state index in [0.29, 0.717) is 4.90 Å². The maximum atomic E-state index is 12.9. The van der Waals surface area contributed by atoms with Gasteiger partial charge in [0.1, 0.15) is 12.6 Å². The molecule has 2 rings (SSSR count). The fourth-order valence-electron chi connectivity index (χ4n) is 3.11. The van der Waals surface area contributed by atoms with Gasteiger partial charge in [-0.3, -0.25) is 14.5 Å². The van der Waals surface area contributed by atoms with Crippen molar-refractivity contribution in [3.8, 4) is 5.75 Å². The predicted octanol–water partition coefficient (Wildman–Crippen LogP) is 1.75. The summed E-state index contributed by atoms with van der Waals surface area (Å²) in [6.45, 7) is -6.04. The second-order valence-corrected chi connectivity index (χ2v) is 6.64. The number of halogens is 6. The summed E-state index contributed by atoms with van der Waals surface area (Å²) < 4.78 is 86.3. The number of carbonyl (C=O) groups excluding carboxylic acids is 2. The van der Waals surface area contributed by atoms with E-state index in [2.05, 4.69) is 10.1 Å². The summed E-state index contributed by atoms with van der Waals surface area (Å²) in [6.07, 6.45) is -5.99. The highest BCUT2D eigenvalue weighted by Crippen LogP contribution is 2.33. The Balaban J connectivity index is 2.25. The molecule has 0 aromatic heterocycles. The third-order valence-electron chi connectivity index (χ3n) is 4.43. The molecule has 32 heavy (non-hydrogen) atoms. The number of benzene rings is 1. The molecule has 14 heteroatoms. The number of nitrogens with zero attached hydrogens (tertiary/aromatic N) is 2. The van der Waals surface area contributed by atoms with E-state index in [9.17, 15) is 35.9 Å². The summed E-state index contributed by atoms with van der Waals surface area (Å²) >= 11 is 0. The zero-order chi connectivity index (χ0) is 23.8. The molecule has 0 spiro atoms. The number of nitrogens with one attached hydrogen (secondary N) is 1.